The van der Waals surface area contributed by atoms with Crippen molar-refractivity contribution in [2.45, 2.75) is 18.8 Å². The lowest BCUT2D eigenvalue weighted by Crippen LogP contribution is -2.19. The quantitative estimate of drug-likeness (QED) is 0.731. The Morgan fingerprint density at radius 1 is 1.25 bits per heavy atom. The first kappa shape index (κ1) is 11.9. The van der Waals surface area contributed by atoms with Crippen molar-refractivity contribution in [3.8, 4) is 0 Å². The van der Waals surface area contributed by atoms with Crippen LogP contribution in [0.4, 0.5) is 0 Å². The van der Waals surface area contributed by atoms with Gasteiger partial charge in [0, 0.05) is 12.0 Å². The molecule has 0 saturated carbocycles. The zero-order chi connectivity index (χ0) is 11.9. The maximum Gasteiger partial charge on any atom is 0.229 e. The number of fused-ring (bicyclic) bond motifs is 1. The minimum atomic E-state index is -0.466. The second-order valence-corrected chi connectivity index (χ2v) is 4.86. The molecule has 1 aromatic rings. The van der Waals surface area contributed by atoms with Crippen LogP contribution < -0.4 is 0 Å². The van der Waals surface area contributed by atoms with E-state index in [0.29, 0.717) is 34.0 Å². The van der Waals surface area contributed by atoms with Crippen molar-refractivity contribution in [1.29, 1.82) is 0 Å². The highest BCUT2D eigenvalue weighted by Crippen LogP contribution is 2.37. The number of halogens is 3. The Morgan fingerprint density at radius 3 is 2.50 bits per heavy atom. The lowest BCUT2D eigenvalue weighted by Gasteiger charge is -2.22. The lowest BCUT2D eigenvalue weighted by atomic mass is 9.83. The third-order valence-corrected chi connectivity index (χ3v) is 3.69. The number of Topliss-reactive ketones (excluding diaryl/α,β-unsaturated/α-hetero) is 1. The zero-order valence-corrected chi connectivity index (χ0v) is 10.4. The first-order valence-corrected chi connectivity index (χ1v) is 5.85. The van der Waals surface area contributed by atoms with Gasteiger partial charge in [-0.1, -0.05) is 23.2 Å². The van der Waals surface area contributed by atoms with Crippen LogP contribution in [-0.4, -0.2) is 11.0 Å². The summed E-state index contributed by atoms with van der Waals surface area (Å²) in [4.78, 5) is 22.9. The number of rotatable bonds is 1. The van der Waals surface area contributed by atoms with Gasteiger partial charge in [0.15, 0.2) is 5.78 Å². The van der Waals surface area contributed by atoms with Gasteiger partial charge in [0.2, 0.25) is 5.24 Å². The zero-order valence-electron chi connectivity index (χ0n) is 8.10. The highest BCUT2D eigenvalue weighted by Gasteiger charge is 2.30. The van der Waals surface area contributed by atoms with Crippen LogP contribution >= 0.6 is 34.8 Å². The summed E-state index contributed by atoms with van der Waals surface area (Å²) in [6, 6.07) is 3.06. The van der Waals surface area contributed by atoms with E-state index >= 15 is 0 Å². The molecule has 1 aliphatic rings. The number of hydrogen-bond acceptors (Lipinski definition) is 2. The average Bonchev–Trinajstić information content (AvgIpc) is 2.21. The van der Waals surface area contributed by atoms with Gasteiger partial charge >= 0.3 is 0 Å². The van der Waals surface area contributed by atoms with Gasteiger partial charge < -0.3 is 0 Å². The molecule has 0 spiro atoms. The standard InChI is InChI=1S/C11H7Cl3O2/c12-8-3-6-5(11(14)16)1-2-10(15)7(6)4-9(8)13/h3-5H,1-2H2. The molecule has 0 aromatic heterocycles. The van der Waals surface area contributed by atoms with Crippen LogP contribution in [0, 0.1) is 0 Å². The molecule has 1 aliphatic carbocycles. The molecule has 0 radical (unpaired) electrons. The van der Waals surface area contributed by atoms with E-state index in [1.807, 2.05) is 0 Å². The predicted molar refractivity (Wildman–Crippen MR) is 63.6 cm³/mol. The topological polar surface area (TPSA) is 34.1 Å². The summed E-state index contributed by atoms with van der Waals surface area (Å²) in [7, 11) is 0. The fourth-order valence-corrected chi connectivity index (χ4v) is 2.46. The van der Waals surface area contributed by atoms with E-state index in [-0.39, 0.29) is 5.78 Å². The number of carbonyl (C=O) groups excluding carboxylic acids is 2. The minimum Gasteiger partial charge on any atom is -0.294 e. The Balaban J connectivity index is 2.61. The van der Waals surface area contributed by atoms with Crippen LogP contribution in [0.1, 0.15) is 34.7 Å². The summed E-state index contributed by atoms with van der Waals surface area (Å²) in [6.07, 6.45) is 0.750. The van der Waals surface area contributed by atoms with E-state index in [1.165, 1.54) is 6.07 Å². The molecule has 16 heavy (non-hydrogen) atoms. The second kappa shape index (κ2) is 4.36. The van der Waals surface area contributed by atoms with Crippen molar-refractivity contribution in [1.82, 2.24) is 0 Å². The van der Waals surface area contributed by atoms with E-state index in [0.717, 1.165) is 0 Å². The molecule has 0 fully saturated rings. The van der Waals surface area contributed by atoms with Gasteiger partial charge in [0.25, 0.3) is 0 Å². The van der Waals surface area contributed by atoms with Gasteiger partial charge in [-0.25, -0.2) is 0 Å². The number of ketones is 1. The van der Waals surface area contributed by atoms with Crippen LogP contribution in [0.15, 0.2) is 12.1 Å². The second-order valence-electron chi connectivity index (χ2n) is 3.67. The summed E-state index contributed by atoms with van der Waals surface area (Å²) in [5, 5.41) is 0.182. The number of hydrogen-bond donors (Lipinski definition) is 0. The lowest BCUT2D eigenvalue weighted by molar-refractivity contribution is -0.113. The van der Waals surface area contributed by atoms with Crippen molar-refractivity contribution in [2.24, 2.45) is 0 Å². The van der Waals surface area contributed by atoms with Crippen molar-refractivity contribution < 1.29 is 9.59 Å². The molecule has 5 heteroatoms. The molecule has 0 heterocycles. The smallest absolute Gasteiger partial charge is 0.229 e. The van der Waals surface area contributed by atoms with E-state index in [2.05, 4.69) is 0 Å². The monoisotopic (exact) mass is 276 g/mol. The van der Waals surface area contributed by atoms with E-state index in [4.69, 9.17) is 34.8 Å². The fraction of sp³-hybridized carbons (Fsp3) is 0.273. The van der Waals surface area contributed by atoms with Gasteiger partial charge in [0.05, 0.1) is 16.0 Å². The fourth-order valence-electron chi connectivity index (χ4n) is 1.89. The SMILES string of the molecule is O=C1CCC(C(=O)Cl)c2cc(Cl)c(Cl)cc21. The molecule has 1 aromatic carbocycles. The van der Waals surface area contributed by atoms with Crippen LogP contribution in [0.2, 0.25) is 10.0 Å². The van der Waals surface area contributed by atoms with Crippen LogP contribution in [-0.2, 0) is 4.79 Å². The van der Waals surface area contributed by atoms with E-state index in [1.54, 1.807) is 6.07 Å². The maximum absolute atomic E-state index is 11.7. The molecule has 0 bridgehead atoms. The first-order chi connectivity index (χ1) is 7.50. The summed E-state index contributed by atoms with van der Waals surface area (Å²) >= 11 is 17.2. The van der Waals surface area contributed by atoms with Crippen molar-refractivity contribution in [2.75, 3.05) is 0 Å². The highest BCUT2D eigenvalue weighted by atomic mass is 35.5. The Kier molecular flexibility index (Phi) is 3.24. The Morgan fingerprint density at radius 2 is 1.88 bits per heavy atom. The predicted octanol–water partition coefficient (Wildman–Crippen LogP) is 3.82. The summed E-state index contributed by atoms with van der Waals surface area (Å²) in [5.74, 6) is -0.480. The van der Waals surface area contributed by atoms with Crippen LogP contribution in [0.5, 0.6) is 0 Å². The summed E-state index contributed by atoms with van der Waals surface area (Å²) in [6.45, 7) is 0. The molecule has 84 valence electrons. The van der Waals surface area contributed by atoms with Gasteiger partial charge in [0.1, 0.15) is 0 Å². The van der Waals surface area contributed by atoms with Crippen molar-refractivity contribution in [3.05, 3.63) is 33.3 Å². The molecular formula is C11H7Cl3O2. The summed E-state index contributed by atoms with van der Waals surface area (Å²) < 4.78 is 0. The van der Waals surface area contributed by atoms with Crippen LogP contribution in [0.25, 0.3) is 0 Å². The molecule has 0 N–H and O–H groups in total. The molecule has 0 aliphatic heterocycles. The number of carbonyl (C=O) groups is 2. The molecule has 2 rings (SSSR count). The Labute approximate surface area is 107 Å². The first-order valence-electron chi connectivity index (χ1n) is 4.72. The van der Waals surface area contributed by atoms with E-state index < -0.39 is 11.2 Å². The molecule has 1 unspecified atom stereocenters. The molecule has 0 saturated heterocycles. The van der Waals surface area contributed by atoms with Gasteiger partial charge in [-0.3, -0.25) is 9.59 Å². The Hall–Kier alpha value is -0.570. The maximum atomic E-state index is 11.7. The average molecular weight is 278 g/mol. The third kappa shape index (κ3) is 1.97. The largest absolute Gasteiger partial charge is 0.294 e. The van der Waals surface area contributed by atoms with Crippen molar-refractivity contribution >= 4 is 45.8 Å². The van der Waals surface area contributed by atoms with Crippen LogP contribution in [0.3, 0.4) is 0 Å². The highest BCUT2D eigenvalue weighted by molar-refractivity contribution is 6.64. The normalized spacial score (nSPS) is 19.4. The molecular weight excluding hydrogens is 270 g/mol. The Bertz CT molecular complexity index is 482. The van der Waals surface area contributed by atoms with Gasteiger partial charge in [-0.15, -0.1) is 0 Å². The number of benzene rings is 1. The molecule has 2 nitrogen and oxygen atoms in total. The van der Waals surface area contributed by atoms with Gasteiger partial charge in [-0.2, -0.15) is 0 Å². The minimum absolute atomic E-state index is 0.0252. The summed E-state index contributed by atoms with van der Waals surface area (Å²) in [5.41, 5.74) is 1.05. The van der Waals surface area contributed by atoms with Gasteiger partial charge in [-0.05, 0) is 35.7 Å². The molecule has 1 atom stereocenters. The molecule has 0 amide bonds. The van der Waals surface area contributed by atoms with Crippen molar-refractivity contribution in [3.63, 3.8) is 0 Å². The van der Waals surface area contributed by atoms with E-state index in [9.17, 15) is 9.59 Å². The third-order valence-electron chi connectivity index (χ3n) is 2.70.